The highest BCUT2D eigenvalue weighted by atomic mass is 79.9. The minimum Gasteiger partial charge on any atom is -0.375 e. The van der Waals surface area contributed by atoms with Crippen LogP contribution >= 0.6 is 27.5 Å². The molecule has 0 aliphatic rings. The lowest BCUT2D eigenvalue weighted by atomic mass is 9.99. The van der Waals surface area contributed by atoms with E-state index >= 15 is 0 Å². The SMILES string of the molecule is C=CCC[C@@](Cl)([C@H](Nc1ccc(Br)cc1)c1ccccc1)[S@](=O)c1ccc(C)cc1. The van der Waals surface area contributed by atoms with Crippen molar-refractivity contribution in [2.24, 2.45) is 0 Å². The molecule has 0 fully saturated rings. The first-order valence-electron chi connectivity index (χ1n) is 9.79. The van der Waals surface area contributed by atoms with Gasteiger partial charge in [-0.05, 0) is 61.7 Å². The number of rotatable bonds is 9. The number of alkyl halides is 1. The Morgan fingerprint density at radius 3 is 2.30 bits per heavy atom. The zero-order valence-corrected chi connectivity index (χ0v) is 20.0. The van der Waals surface area contributed by atoms with Crippen molar-refractivity contribution in [3.05, 3.63) is 107 Å². The van der Waals surface area contributed by atoms with Crippen LogP contribution in [0.1, 0.15) is 30.0 Å². The van der Waals surface area contributed by atoms with Crippen LogP contribution in [-0.2, 0) is 10.8 Å². The number of allylic oxidation sites excluding steroid dienone is 1. The molecule has 30 heavy (non-hydrogen) atoms. The Morgan fingerprint density at radius 2 is 1.70 bits per heavy atom. The second-order valence-corrected chi connectivity index (χ2v) is 10.7. The number of anilines is 1. The maximum atomic E-state index is 13.8. The Labute approximate surface area is 195 Å². The van der Waals surface area contributed by atoms with Gasteiger partial charge in [-0.1, -0.05) is 70.0 Å². The topological polar surface area (TPSA) is 29.1 Å². The fourth-order valence-electron chi connectivity index (χ4n) is 3.30. The largest absolute Gasteiger partial charge is 0.375 e. The van der Waals surface area contributed by atoms with Gasteiger partial charge in [-0.2, -0.15) is 0 Å². The molecule has 3 aromatic carbocycles. The quantitative estimate of drug-likeness (QED) is 0.241. The molecular weight excluding hydrogens is 478 g/mol. The van der Waals surface area contributed by atoms with Crippen LogP contribution in [0.4, 0.5) is 5.69 Å². The van der Waals surface area contributed by atoms with Gasteiger partial charge in [0.2, 0.25) is 0 Å². The molecular formula is C25H25BrClNOS. The molecule has 0 spiro atoms. The maximum absolute atomic E-state index is 13.8. The molecule has 1 N–H and O–H groups in total. The van der Waals surface area contributed by atoms with Crippen molar-refractivity contribution in [3.8, 4) is 0 Å². The predicted octanol–water partition coefficient (Wildman–Crippen LogP) is 7.62. The van der Waals surface area contributed by atoms with E-state index in [4.69, 9.17) is 11.6 Å². The number of hydrogen-bond acceptors (Lipinski definition) is 2. The van der Waals surface area contributed by atoms with Gasteiger partial charge in [0.05, 0.1) is 16.8 Å². The van der Waals surface area contributed by atoms with Crippen molar-refractivity contribution in [2.75, 3.05) is 5.32 Å². The molecule has 0 saturated heterocycles. The third kappa shape index (κ3) is 5.42. The van der Waals surface area contributed by atoms with Crippen LogP contribution in [0.2, 0.25) is 0 Å². The lowest BCUT2D eigenvalue weighted by molar-refractivity contribution is 0.581. The molecule has 0 unspecified atom stereocenters. The first-order valence-corrected chi connectivity index (χ1v) is 12.1. The van der Waals surface area contributed by atoms with Gasteiger partial charge < -0.3 is 5.32 Å². The molecule has 0 heterocycles. The molecule has 0 aliphatic heterocycles. The molecule has 0 saturated carbocycles. The Balaban J connectivity index is 2.07. The van der Waals surface area contributed by atoms with E-state index in [-0.39, 0.29) is 6.04 Å². The van der Waals surface area contributed by atoms with Crippen LogP contribution < -0.4 is 5.32 Å². The van der Waals surface area contributed by atoms with E-state index in [0.717, 1.165) is 26.2 Å². The van der Waals surface area contributed by atoms with Crippen molar-refractivity contribution in [3.63, 3.8) is 0 Å². The first kappa shape index (κ1) is 22.8. The van der Waals surface area contributed by atoms with E-state index in [0.29, 0.717) is 12.8 Å². The van der Waals surface area contributed by atoms with Crippen LogP contribution in [0.25, 0.3) is 0 Å². The van der Waals surface area contributed by atoms with Gasteiger partial charge in [-0.3, -0.25) is 4.21 Å². The Hall–Kier alpha value is -1.88. The van der Waals surface area contributed by atoms with Crippen LogP contribution in [0.15, 0.2) is 101 Å². The van der Waals surface area contributed by atoms with Crippen LogP contribution in [-0.4, -0.2) is 8.42 Å². The monoisotopic (exact) mass is 501 g/mol. The molecule has 2 nitrogen and oxygen atoms in total. The highest BCUT2D eigenvalue weighted by Crippen LogP contribution is 2.44. The second kappa shape index (κ2) is 10.4. The Kier molecular flexibility index (Phi) is 7.93. The molecule has 3 aromatic rings. The van der Waals surface area contributed by atoms with Crippen molar-refractivity contribution in [1.82, 2.24) is 0 Å². The van der Waals surface area contributed by atoms with E-state index in [2.05, 4.69) is 27.8 Å². The third-order valence-electron chi connectivity index (χ3n) is 4.95. The first-order chi connectivity index (χ1) is 14.4. The van der Waals surface area contributed by atoms with Crippen LogP contribution in [0.5, 0.6) is 0 Å². The van der Waals surface area contributed by atoms with E-state index in [9.17, 15) is 4.21 Å². The van der Waals surface area contributed by atoms with Crippen molar-refractivity contribution in [2.45, 2.75) is 34.9 Å². The molecule has 0 bridgehead atoms. The summed E-state index contributed by atoms with van der Waals surface area (Å²) in [5.74, 6) is 0. The molecule has 0 radical (unpaired) electrons. The summed E-state index contributed by atoms with van der Waals surface area (Å²) in [6, 6.07) is 25.3. The molecule has 0 aliphatic carbocycles. The molecule has 0 aromatic heterocycles. The lowest BCUT2D eigenvalue weighted by Gasteiger charge is -2.36. The van der Waals surface area contributed by atoms with E-state index in [1.54, 1.807) is 0 Å². The zero-order valence-electron chi connectivity index (χ0n) is 16.9. The number of halogens is 2. The second-order valence-electron chi connectivity index (χ2n) is 7.19. The summed E-state index contributed by atoms with van der Waals surface area (Å²) in [5, 5.41) is 3.55. The number of aryl methyl sites for hydroxylation is 1. The molecule has 156 valence electrons. The van der Waals surface area contributed by atoms with E-state index < -0.39 is 15.0 Å². The molecule has 3 rings (SSSR count). The summed E-state index contributed by atoms with van der Waals surface area (Å²) in [6.07, 6.45) is 3.00. The van der Waals surface area contributed by atoms with Crippen LogP contribution in [0, 0.1) is 6.92 Å². The number of nitrogens with one attached hydrogen (secondary N) is 1. The minimum atomic E-state index is -1.46. The van der Waals surface area contributed by atoms with E-state index in [1.165, 1.54) is 0 Å². The minimum absolute atomic E-state index is 0.372. The highest BCUT2D eigenvalue weighted by molar-refractivity contribution is 9.10. The summed E-state index contributed by atoms with van der Waals surface area (Å²) >= 11 is 10.8. The molecule has 3 atom stereocenters. The average molecular weight is 503 g/mol. The summed E-state index contributed by atoms with van der Waals surface area (Å²) < 4.78 is 13.8. The number of benzene rings is 3. The summed E-state index contributed by atoms with van der Waals surface area (Å²) in [6.45, 7) is 5.86. The predicted molar refractivity (Wildman–Crippen MR) is 133 cm³/mol. The average Bonchev–Trinajstić information content (AvgIpc) is 2.77. The van der Waals surface area contributed by atoms with Gasteiger partial charge in [-0.15, -0.1) is 18.2 Å². The fourth-order valence-corrected chi connectivity index (χ4v) is 5.61. The van der Waals surface area contributed by atoms with Crippen molar-refractivity contribution >= 4 is 44.0 Å². The lowest BCUT2D eigenvalue weighted by Crippen LogP contribution is -2.39. The van der Waals surface area contributed by atoms with Crippen molar-refractivity contribution < 1.29 is 4.21 Å². The summed E-state index contributed by atoms with van der Waals surface area (Å²) in [5.41, 5.74) is 3.02. The van der Waals surface area contributed by atoms with Crippen molar-refractivity contribution in [1.29, 1.82) is 0 Å². The van der Waals surface area contributed by atoms with Gasteiger partial charge in [0, 0.05) is 15.1 Å². The summed E-state index contributed by atoms with van der Waals surface area (Å²) in [7, 11) is -1.46. The van der Waals surface area contributed by atoms with Gasteiger partial charge in [0.25, 0.3) is 0 Å². The van der Waals surface area contributed by atoms with Gasteiger partial charge >= 0.3 is 0 Å². The third-order valence-corrected chi connectivity index (χ3v) is 8.06. The fraction of sp³-hybridized carbons (Fsp3) is 0.200. The van der Waals surface area contributed by atoms with E-state index in [1.807, 2.05) is 91.9 Å². The molecule has 5 heteroatoms. The zero-order chi connectivity index (χ0) is 21.6. The molecule has 0 amide bonds. The van der Waals surface area contributed by atoms with Gasteiger partial charge in [-0.25, -0.2) is 0 Å². The Morgan fingerprint density at radius 1 is 1.07 bits per heavy atom. The van der Waals surface area contributed by atoms with Gasteiger partial charge in [0.15, 0.2) is 0 Å². The highest BCUT2D eigenvalue weighted by Gasteiger charge is 2.44. The normalized spacial score (nSPS) is 15.0. The van der Waals surface area contributed by atoms with Gasteiger partial charge in [0.1, 0.15) is 4.21 Å². The summed E-state index contributed by atoms with van der Waals surface area (Å²) in [4.78, 5) is 0.721. The maximum Gasteiger partial charge on any atom is 0.148 e. The standard InChI is InChI=1S/C25H25BrClNOS/c1-3-4-18-25(27,30(29)23-16-10-19(2)11-17-23)24(20-8-6-5-7-9-20)28-22-14-12-21(26)13-15-22/h3,5-17,24,28H,1,4,18H2,2H3/t24-,25+,30-/m1/s1. The number of hydrogen-bond donors (Lipinski definition) is 1. The van der Waals surface area contributed by atoms with Crippen LogP contribution in [0.3, 0.4) is 0 Å². The Bertz CT molecular complexity index is 992. The smallest absolute Gasteiger partial charge is 0.148 e.